The van der Waals surface area contributed by atoms with E-state index in [4.69, 9.17) is 0 Å². The molecule has 23 heavy (non-hydrogen) atoms. The summed E-state index contributed by atoms with van der Waals surface area (Å²) in [5.74, 6) is 0.533. The number of fused-ring (bicyclic) bond motifs is 1. The number of carbonyl (C=O) groups is 1. The van der Waals surface area contributed by atoms with Crippen molar-refractivity contribution in [3.63, 3.8) is 0 Å². The van der Waals surface area contributed by atoms with Gasteiger partial charge in [0.1, 0.15) is 5.52 Å². The fraction of sp³-hybridized carbons (Fsp3) is 0.278. The second-order valence-corrected chi connectivity index (χ2v) is 6.21. The fourth-order valence-electron chi connectivity index (χ4n) is 3.40. The maximum atomic E-state index is 12.9. The van der Waals surface area contributed by atoms with Gasteiger partial charge in [0.05, 0.1) is 11.6 Å². The Morgan fingerprint density at radius 2 is 1.96 bits per heavy atom. The van der Waals surface area contributed by atoms with E-state index in [9.17, 15) is 4.79 Å². The molecule has 2 unspecified atom stereocenters. The van der Waals surface area contributed by atoms with E-state index in [1.807, 2.05) is 48.3 Å². The molecule has 1 aliphatic rings. The van der Waals surface area contributed by atoms with Crippen molar-refractivity contribution in [1.29, 1.82) is 0 Å². The van der Waals surface area contributed by atoms with Crippen LogP contribution in [0.5, 0.6) is 0 Å². The zero-order chi connectivity index (χ0) is 16.0. The summed E-state index contributed by atoms with van der Waals surface area (Å²) in [5.41, 5.74) is 3.55. The lowest BCUT2D eigenvalue weighted by molar-refractivity contribution is 0.0198. The molecule has 0 N–H and O–H groups in total. The van der Waals surface area contributed by atoms with Crippen LogP contribution < -0.4 is 0 Å². The monoisotopic (exact) mass is 306 g/mol. The first-order valence-electron chi connectivity index (χ1n) is 7.80. The quantitative estimate of drug-likeness (QED) is 0.731. The molecule has 2 aromatic carbocycles. The van der Waals surface area contributed by atoms with E-state index >= 15 is 0 Å². The van der Waals surface area contributed by atoms with Gasteiger partial charge >= 0.3 is 0 Å². The van der Waals surface area contributed by atoms with Crippen LogP contribution in [0.25, 0.3) is 11.0 Å². The molecule has 0 spiro atoms. The van der Waals surface area contributed by atoms with Gasteiger partial charge in [-0.2, -0.15) is 0 Å². The number of benzene rings is 2. The van der Waals surface area contributed by atoms with Gasteiger partial charge in [-0.05, 0) is 29.7 Å². The number of nitrogens with zero attached hydrogens (tertiary/aromatic N) is 4. The lowest BCUT2D eigenvalue weighted by atomic mass is 9.84. The molecule has 116 valence electrons. The van der Waals surface area contributed by atoms with Crippen LogP contribution >= 0.6 is 0 Å². The summed E-state index contributed by atoms with van der Waals surface area (Å²) in [7, 11) is 1.85. The van der Waals surface area contributed by atoms with Gasteiger partial charge in [0, 0.05) is 19.2 Å². The van der Waals surface area contributed by atoms with Crippen molar-refractivity contribution in [2.75, 3.05) is 6.54 Å². The summed E-state index contributed by atoms with van der Waals surface area (Å²) in [5, 5.41) is 8.09. The molecule has 0 bridgehead atoms. The first-order valence-corrected chi connectivity index (χ1v) is 7.80. The van der Waals surface area contributed by atoms with Gasteiger partial charge in [-0.1, -0.05) is 42.5 Å². The number of rotatable bonds is 2. The molecule has 1 saturated heterocycles. The molecule has 1 amide bonds. The highest BCUT2D eigenvalue weighted by Crippen LogP contribution is 2.39. The molecular formula is C18H18N4O. The number of carbonyl (C=O) groups excluding carboxylic acids is 1. The van der Waals surface area contributed by atoms with Crippen LogP contribution in [-0.2, 0) is 7.05 Å². The van der Waals surface area contributed by atoms with E-state index in [1.165, 1.54) is 5.56 Å². The van der Waals surface area contributed by atoms with E-state index in [0.717, 1.165) is 17.6 Å². The summed E-state index contributed by atoms with van der Waals surface area (Å²) in [4.78, 5) is 14.8. The Bertz CT molecular complexity index is 871. The van der Waals surface area contributed by atoms with Crippen molar-refractivity contribution < 1.29 is 4.79 Å². The highest BCUT2D eigenvalue weighted by atomic mass is 16.2. The molecule has 3 aromatic rings. The second kappa shape index (κ2) is 5.19. The van der Waals surface area contributed by atoms with E-state index in [1.54, 1.807) is 4.68 Å². The second-order valence-electron chi connectivity index (χ2n) is 6.21. The van der Waals surface area contributed by atoms with Crippen LogP contribution in [0.1, 0.15) is 28.9 Å². The number of hydrogen-bond donors (Lipinski definition) is 0. The zero-order valence-corrected chi connectivity index (χ0v) is 13.2. The lowest BCUT2D eigenvalue weighted by Crippen LogP contribution is -2.51. The standard InChI is InChI=1S/C18H18N4O/c1-12-11-22(17(12)13-6-4-3-5-7-13)18(23)14-8-9-16-15(10-14)19-20-21(16)2/h3-10,12,17H,11H2,1-2H3. The molecule has 5 heteroatoms. The Morgan fingerprint density at radius 1 is 1.17 bits per heavy atom. The lowest BCUT2D eigenvalue weighted by Gasteiger charge is -2.47. The summed E-state index contributed by atoms with van der Waals surface area (Å²) >= 11 is 0. The average Bonchev–Trinajstić information content (AvgIpc) is 2.93. The average molecular weight is 306 g/mol. The Morgan fingerprint density at radius 3 is 2.70 bits per heavy atom. The van der Waals surface area contributed by atoms with Crippen molar-refractivity contribution in [3.05, 3.63) is 59.7 Å². The van der Waals surface area contributed by atoms with E-state index in [0.29, 0.717) is 11.5 Å². The molecule has 5 nitrogen and oxygen atoms in total. The third kappa shape index (κ3) is 2.20. The summed E-state index contributed by atoms with van der Waals surface area (Å²) < 4.78 is 1.71. The molecule has 1 fully saturated rings. The van der Waals surface area contributed by atoms with Crippen LogP contribution in [0.3, 0.4) is 0 Å². The number of likely N-dealkylation sites (tertiary alicyclic amines) is 1. The zero-order valence-electron chi connectivity index (χ0n) is 13.2. The number of aromatic nitrogens is 3. The van der Waals surface area contributed by atoms with Gasteiger partial charge in [-0.3, -0.25) is 4.79 Å². The van der Waals surface area contributed by atoms with Gasteiger partial charge in [0.25, 0.3) is 5.91 Å². The largest absolute Gasteiger partial charge is 0.331 e. The van der Waals surface area contributed by atoms with Crippen molar-refractivity contribution in [2.45, 2.75) is 13.0 Å². The van der Waals surface area contributed by atoms with E-state index < -0.39 is 0 Å². The van der Waals surface area contributed by atoms with Gasteiger partial charge < -0.3 is 4.90 Å². The topological polar surface area (TPSA) is 51.0 Å². The molecule has 4 rings (SSSR count). The third-order valence-electron chi connectivity index (χ3n) is 4.62. The van der Waals surface area contributed by atoms with Crippen molar-refractivity contribution >= 4 is 16.9 Å². The van der Waals surface area contributed by atoms with Crippen molar-refractivity contribution in [2.24, 2.45) is 13.0 Å². The SMILES string of the molecule is CC1CN(C(=O)c2ccc3c(c2)nnn3C)C1c1ccccc1. The van der Waals surface area contributed by atoms with E-state index in [-0.39, 0.29) is 11.9 Å². The first-order chi connectivity index (χ1) is 11.1. The van der Waals surface area contributed by atoms with Crippen LogP contribution in [-0.4, -0.2) is 32.3 Å². The highest BCUT2D eigenvalue weighted by molar-refractivity contribution is 5.98. The molecule has 1 aliphatic heterocycles. The minimum Gasteiger partial charge on any atom is -0.331 e. The molecule has 2 atom stereocenters. The normalized spacial score (nSPS) is 20.5. The van der Waals surface area contributed by atoms with Crippen LogP contribution in [0, 0.1) is 5.92 Å². The smallest absolute Gasteiger partial charge is 0.254 e. The summed E-state index contributed by atoms with van der Waals surface area (Å²) in [6, 6.07) is 16.0. The molecule has 0 aliphatic carbocycles. The maximum Gasteiger partial charge on any atom is 0.254 e. The number of hydrogen-bond acceptors (Lipinski definition) is 3. The molecular weight excluding hydrogens is 288 g/mol. The van der Waals surface area contributed by atoms with Crippen molar-refractivity contribution in [1.82, 2.24) is 19.9 Å². The Balaban J connectivity index is 1.65. The van der Waals surface area contributed by atoms with E-state index in [2.05, 4.69) is 29.4 Å². The van der Waals surface area contributed by atoms with Gasteiger partial charge in [0.2, 0.25) is 0 Å². The Kier molecular flexibility index (Phi) is 3.15. The molecule has 2 heterocycles. The minimum absolute atomic E-state index is 0.0597. The number of amides is 1. The van der Waals surface area contributed by atoms with Crippen LogP contribution in [0.15, 0.2) is 48.5 Å². The molecule has 1 aromatic heterocycles. The summed E-state index contributed by atoms with van der Waals surface area (Å²) in [6.45, 7) is 2.98. The third-order valence-corrected chi connectivity index (χ3v) is 4.62. The Labute approximate surface area is 134 Å². The maximum absolute atomic E-state index is 12.9. The van der Waals surface area contributed by atoms with Gasteiger partial charge in [0.15, 0.2) is 0 Å². The van der Waals surface area contributed by atoms with Crippen molar-refractivity contribution in [3.8, 4) is 0 Å². The Hall–Kier alpha value is -2.69. The predicted molar refractivity (Wildman–Crippen MR) is 87.9 cm³/mol. The first kappa shape index (κ1) is 13.9. The predicted octanol–water partition coefficient (Wildman–Crippen LogP) is 2.80. The van der Waals surface area contributed by atoms with Crippen LogP contribution in [0.2, 0.25) is 0 Å². The van der Waals surface area contributed by atoms with Crippen LogP contribution in [0.4, 0.5) is 0 Å². The number of aryl methyl sites for hydroxylation is 1. The molecule has 0 saturated carbocycles. The highest BCUT2D eigenvalue weighted by Gasteiger charge is 2.40. The summed E-state index contributed by atoms with van der Waals surface area (Å²) in [6.07, 6.45) is 0. The minimum atomic E-state index is 0.0597. The fourth-order valence-corrected chi connectivity index (χ4v) is 3.40. The van der Waals surface area contributed by atoms with Gasteiger partial charge in [-0.15, -0.1) is 5.10 Å². The molecule has 0 radical (unpaired) electrons. The van der Waals surface area contributed by atoms with Gasteiger partial charge in [-0.25, -0.2) is 4.68 Å².